The van der Waals surface area contributed by atoms with Crippen LogP contribution in [0.25, 0.3) is 0 Å². The molecule has 2 amide bonds. The zero-order valence-electron chi connectivity index (χ0n) is 14.3. The molecule has 0 aromatic carbocycles. The monoisotopic (exact) mass is 362 g/mol. The molecule has 0 aliphatic heterocycles. The largest absolute Gasteiger partial charge is 0.480 e. The Balaban J connectivity index is 4.85. The van der Waals surface area contributed by atoms with E-state index < -0.39 is 35.9 Å². The highest BCUT2D eigenvalue weighted by atomic mass is 32.1. The van der Waals surface area contributed by atoms with Crippen LogP contribution in [-0.2, 0) is 14.4 Å². The quantitative estimate of drug-likeness (QED) is 0.203. The maximum absolute atomic E-state index is 12.3. The van der Waals surface area contributed by atoms with Gasteiger partial charge < -0.3 is 27.2 Å². The minimum atomic E-state index is -1.18. The Bertz CT molecular complexity index is 420. The standard InChI is InChI=1S/C15H30N4O4S/c1-9(2)7-10(17)13(20)18-11(5-3-4-6-16)14(21)19-12(8-24)15(22)23/h9-12,24H,3-8,16-17H2,1-2H3,(H,18,20)(H,19,21)(H,22,23)/t10-,11-,12-/m0/s1. The molecule has 9 heteroatoms. The number of thiol groups is 1. The van der Waals surface area contributed by atoms with Crippen molar-refractivity contribution in [2.45, 2.75) is 57.7 Å². The van der Waals surface area contributed by atoms with E-state index in [4.69, 9.17) is 16.6 Å². The van der Waals surface area contributed by atoms with Crippen molar-refractivity contribution in [3.8, 4) is 0 Å². The Kier molecular flexibility index (Phi) is 11.4. The van der Waals surface area contributed by atoms with Crippen molar-refractivity contribution < 1.29 is 19.5 Å². The van der Waals surface area contributed by atoms with Crippen molar-refractivity contribution >= 4 is 30.4 Å². The van der Waals surface area contributed by atoms with E-state index in [9.17, 15) is 14.4 Å². The second kappa shape index (κ2) is 12.1. The molecule has 0 bridgehead atoms. The average molecular weight is 362 g/mol. The maximum atomic E-state index is 12.3. The van der Waals surface area contributed by atoms with E-state index in [0.717, 1.165) is 0 Å². The molecule has 0 radical (unpaired) electrons. The van der Waals surface area contributed by atoms with E-state index in [1.807, 2.05) is 13.8 Å². The van der Waals surface area contributed by atoms with Gasteiger partial charge in [-0.15, -0.1) is 0 Å². The summed E-state index contributed by atoms with van der Waals surface area (Å²) in [7, 11) is 0. The second-order valence-corrected chi connectivity index (χ2v) is 6.53. The number of hydrogen-bond acceptors (Lipinski definition) is 6. The highest BCUT2D eigenvalue weighted by Crippen LogP contribution is 2.06. The van der Waals surface area contributed by atoms with Crippen LogP contribution in [0.2, 0.25) is 0 Å². The Morgan fingerprint density at radius 2 is 1.67 bits per heavy atom. The first-order valence-corrected chi connectivity index (χ1v) is 8.76. The second-order valence-electron chi connectivity index (χ2n) is 6.16. The van der Waals surface area contributed by atoms with Gasteiger partial charge >= 0.3 is 5.97 Å². The number of nitrogens with two attached hydrogens (primary N) is 2. The molecule has 0 unspecified atom stereocenters. The van der Waals surface area contributed by atoms with Gasteiger partial charge in [-0.05, 0) is 38.1 Å². The van der Waals surface area contributed by atoms with E-state index in [1.165, 1.54) is 0 Å². The molecule has 0 saturated heterocycles. The van der Waals surface area contributed by atoms with Gasteiger partial charge in [-0.3, -0.25) is 9.59 Å². The zero-order valence-corrected chi connectivity index (χ0v) is 15.2. The summed E-state index contributed by atoms with van der Waals surface area (Å²) in [4.78, 5) is 35.5. The number of carbonyl (C=O) groups excluding carboxylic acids is 2. The van der Waals surface area contributed by atoms with Gasteiger partial charge in [-0.2, -0.15) is 12.6 Å². The number of hydrogen-bond donors (Lipinski definition) is 6. The molecular weight excluding hydrogens is 332 g/mol. The Morgan fingerprint density at radius 3 is 2.12 bits per heavy atom. The Labute approximate surface area is 148 Å². The molecule has 3 atom stereocenters. The fraction of sp³-hybridized carbons (Fsp3) is 0.800. The Morgan fingerprint density at radius 1 is 1.08 bits per heavy atom. The molecule has 0 rings (SSSR count). The Hall–Kier alpha value is -1.32. The van der Waals surface area contributed by atoms with Crippen molar-refractivity contribution in [3.63, 3.8) is 0 Å². The highest BCUT2D eigenvalue weighted by Gasteiger charge is 2.27. The summed E-state index contributed by atoms with van der Waals surface area (Å²) < 4.78 is 0. The lowest BCUT2D eigenvalue weighted by molar-refractivity contribution is -0.141. The van der Waals surface area contributed by atoms with Gasteiger partial charge in [0.1, 0.15) is 12.1 Å². The minimum Gasteiger partial charge on any atom is -0.480 e. The van der Waals surface area contributed by atoms with Gasteiger partial charge in [0.15, 0.2) is 0 Å². The number of carbonyl (C=O) groups is 3. The van der Waals surface area contributed by atoms with E-state index in [0.29, 0.717) is 32.2 Å². The fourth-order valence-corrected chi connectivity index (χ4v) is 2.36. The van der Waals surface area contributed by atoms with Crippen LogP contribution in [0.15, 0.2) is 0 Å². The van der Waals surface area contributed by atoms with Crippen LogP contribution >= 0.6 is 12.6 Å². The van der Waals surface area contributed by atoms with Crippen molar-refractivity contribution in [1.29, 1.82) is 0 Å². The molecule has 0 spiro atoms. The summed E-state index contributed by atoms with van der Waals surface area (Å²) in [6, 6.07) is -2.67. The van der Waals surface area contributed by atoms with Gasteiger partial charge in [0.05, 0.1) is 6.04 Å². The fourth-order valence-electron chi connectivity index (χ4n) is 2.11. The molecule has 0 aliphatic carbocycles. The number of carboxylic acid groups (broad SMARTS) is 1. The summed E-state index contributed by atoms with van der Waals surface area (Å²) in [5.41, 5.74) is 11.3. The molecule has 0 heterocycles. The smallest absolute Gasteiger partial charge is 0.327 e. The predicted molar refractivity (Wildman–Crippen MR) is 95.7 cm³/mol. The number of unbranched alkanes of at least 4 members (excludes halogenated alkanes) is 1. The summed E-state index contributed by atoms with van der Waals surface area (Å²) in [6.07, 6.45) is 2.19. The average Bonchev–Trinajstić information content (AvgIpc) is 2.50. The summed E-state index contributed by atoms with van der Waals surface area (Å²) in [5.74, 6) is -1.96. The van der Waals surface area contributed by atoms with E-state index in [2.05, 4.69) is 23.3 Å². The van der Waals surface area contributed by atoms with Gasteiger partial charge in [-0.1, -0.05) is 13.8 Å². The van der Waals surface area contributed by atoms with Crippen LogP contribution in [0.1, 0.15) is 39.5 Å². The molecule has 0 aliphatic rings. The molecule has 24 heavy (non-hydrogen) atoms. The topological polar surface area (TPSA) is 148 Å². The molecule has 7 N–H and O–H groups in total. The van der Waals surface area contributed by atoms with Gasteiger partial charge in [0, 0.05) is 5.75 Å². The highest BCUT2D eigenvalue weighted by molar-refractivity contribution is 7.80. The molecular formula is C15H30N4O4S. The van der Waals surface area contributed by atoms with Crippen LogP contribution < -0.4 is 22.1 Å². The number of rotatable bonds is 12. The number of aliphatic carboxylic acids is 1. The molecule has 0 aromatic rings. The van der Waals surface area contributed by atoms with E-state index in [1.54, 1.807) is 0 Å². The molecule has 140 valence electrons. The van der Waals surface area contributed by atoms with Gasteiger partial charge in [-0.25, -0.2) is 4.79 Å². The third-order valence-corrected chi connectivity index (χ3v) is 3.80. The first-order valence-electron chi connectivity index (χ1n) is 8.12. The van der Waals surface area contributed by atoms with Crippen molar-refractivity contribution in [2.24, 2.45) is 17.4 Å². The number of nitrogens with one attached hydrogen (secondary N) is 2. The predicted octanol–water partition coefficient (Wildman–Crippen LogP) is -0.527. The molecule has 0 saturated carbocycles. The SMILES string of the molecule is CC(C)C[C@H](N)C(=O)N[C@@H](CCCCN)C(=O)N[C@@H](CS)C(=O)O. The maximum Gasteiger partial charge on any atom is 0.327 e. The lowest BCUT2D eigenvalue weighted by Crippen LogP contribution is -2.55. The first-order chi connectivity index (χ1) is 11.2. The van der Waals surface area contributed by atoms with Crippen LogP contribution in [0, 0.1) is 5.92 Å². The van der Waals surface area contributed by atoms with Gasteiger partial charge in [0.2, 0.25) is 11.8 Å². The third kappa shape index (κ3) is 9.09. The number of amides is 2. The number of carboxylic acids is 1. The molecule has 0 aromatic heterocycles. The molecule has 8 nitrogen and oxygen atoms in total. The van der Waals surface area contributed by atoms with Crippen LogP contribution in [0.5, 0.6) is 0 Å². The summed E-state index contributed by atoms with van der Waals surface area (Å²) >= 11 is 3.90. The van der Waals surface area contributed by atoms with Crippen LogP contribution in [0.3, 0.4) is 0 Å². The van der Waals surface area contributed by atoms with E-state index in [-0.39, 0.29) is 11.7 Å². The summed E-state index contributed by atoms with van der Waals surface area (Å²) in [5, 5.41) is 14.0. The van der Waals surface area contributed by atoms with E-state index >= 15 is 0 Å². The van der Waals surface area contributed by atoms with Crippen molar-refractivity contribution in [1.82, 2.24) is 10.6 Å². The van der Waals surface area contributed by atoms with Crippen LogP contribution in [-0.4, -0.2) is 53.3 Å². The lowest BCUT2D eigenvalue weighted by atomic mass is 10.0. The third-order valence-electron chi connectivity index (χ3n) is 3.44. The minimum absolute atomic E-state index is 0.0442. The molecule has 0 fully saturated rings. The van der Waals surface area contributed by atoms with Crippen LogP contribution in [0.4, 0.5) is 0 Å². The normalized spacial score (nSPS) is 14.8. The lowest BCUT2D eigenvalue weighted by Gasteiger charge is -2.23. The van der Waals surface area contributed by atoms with Crippen molar-refractivity contribution in [2.75, 3.05) is 12.3 Å². The first kappa shape index (κ1) is 22.7. The zero-order chi connectivity index (χ0) is 18.7. The summed E-state index contributed by atoms with van der Waals surface area (Å²) in [6.45, 7) is 4.37. The van der Waals surface area contributed by atoms with Crippen molar-refractivity contribution in [3.05, 3.63) is 0 Å². The van der Waals surface area contributed by atoms with Gasteiger partial charge in [0.25, 0.3) is 0 Å².